The van der Waals surface area contributed by atoms with E-state index in [4.69, 9.17) is 15.9 Å². The van der Waals surface area contributed by atoms with Crippen LogP contribution in [0.2, 0.25) is 0 Å². The van der Waals surface area contributed by atoms with E-state index in [1.807, 2.05) is 0 Å². The highest BCUT2D eigenvalue weighted by molar-refractivity contribution is 5.88. The second-order valence-corrected chi connectivity index (χ2v) is 1.92. The molecule has 0 heterocycles. The summed E-state index contributed by atoms with van der Waals surface area (Å²) in [5.41, 5.74) is 4.98. The van der Waals surface area contributed by atoms with Gasteiger partial charge in [0, 0.05) is 0 Å². The maximum absolute atomic E-state index is 10.3. The van der Waals surface area contributed by atoms with Crippen LogP contribution in [-0.4, -0.2) is 34.1 Å². The average Bonchev–Trinajstić information content (AvgIpc) is 1.84. The maximum atomic E-state index is 10.3. The third-order valence-electron chi connectivity index (χ3n) is 1.06. The van der Waals surface area contributed by atoms with Crippen molar-refractivity contribution >= 4 is 11.8 Å². The Hall–Kier alpha value is -0.940. The number of carboxylic acid groups (broad SMARTS) is 1. The number of nitrogens with two attached hydrogens (primary N) is 1. The van der Waals surface area contributed by atoms with Gasteiger partial charge in [0.25, 0.3) is 0 Å². The summed E-state index contributed by atoms with van der Waals surface area (Å²) in [6.07, 6.45) is -1.79. The highest BCUT2D eigenvalue weighted by Gasteiger charge is 2.25. The van der Waals surface area contributed by atoms with Crippen LogP contribution in [0.15, 0.2) is 0 Å². The van der Waals surface area contributed by atoms with Crippen molar-refractivity contribution in [2.24, 2.45) is 5.73 Å². The average molecular weight is 147 g/mol. The van der Waals surface area contributed by atoms with Gasteiger partial charge in [-0.1, -0.05) is 0 Å². The van der Waals surface area contributed by atoms with Crippen molar-refractivity contribution in [3.05, 3.63) is 0 Å². The number of aliphatic hydroxyl groups is 1. The first-order valence-corrected chi connectivity index (χ1v) is 2.63. The molecule has 0 spiro atoms. The Morgan fingerprint density at radius 2 is 1.90 bits per heavy atom. The Bertz CT molecular complexity index is 138. The van der Waals surface area contributed by atoms with Gasteiger partial charge in [-0.15, -0.1) is 0 Å². The van der Waals surface area contributed by atoms with Gasteiger partial charge in [-0.05, 0) is 6.92 Å². The molecule has 0 bridgehead atoms. The van der Waals surface area contributed by atoms with Gasteiger partial charge in [0.15, 0.2) is 6.10 Å². The normalized spacial score (nSPS) is 15.9. The van der Waals surface area contributed by atoms with E-state index in [9.17, 15) is 9.59 Å². The van der Waals surface area contributed by atoms with E-state index in [0.29, 0.717) is 0 Å². The van der Waals surface area contributed by atoms with Gasteiger partial charge in [-0.25, -0.2) is 4.79 Å². The number of aliphatic carboxylic acids is 1. The molecule has 0 saturated carbocycles. The molecule has 0 aliphatic heterocycles. The van der Waals surface area contributed by atoms with E-state index in [-0.39, 0.29) is 0 Å². The van der Waals surface area contributed by atoms with Gasteiger partial charge in [0.05, 0.1) is 0 Å². The molecular formula is C5H9NO4. The molecule has 5 nitrogen and oxygen atoms in total. The lowest BCUT2D eigenvalue weighted by molar-refractivity contribution is -0.149. The van der Waals surface area contributed by atoms with E-state index < -0.39 is 23.9 Å². The van der Waals surface area contributed by atoms with E-state index >= 15 is 0 Å². The molecule has 0 fully saturated rings. The Morgan fingerprint density at radius 3 is 2.00 bits per heavy atom. The van der Waals surface area contributed by atoms with Crippen LogP contribution in [0.25, 0.3) is 0 Å². The van der Waals surface area contributed by atoms with Crippen LogP contribution < -0.4 is 5.73 Å². The third kappa shape index (κ3) is 2.12. The summed E-state index contributed by atoms with van der Waals surface area (Å²) in [5.74, 6) is -2.03. The lowest BCUT2D eigenvalue weighted by Gasteiger charge is -2.10. The number of aliphatic hydroxyl groups excluding tert-OH is 1. The summed E-state index contributed by atoms with van der Waals surface area (Å²) in [4.78, 5) is 20.3. The van der Waals surface area contributed by atoms with Crippen molar-refractivity contribution in [2.75, 3.05) is 0 Å². The van der Waals surface area contributed by atoms with Gasteiger partial charge in [-0.3, -0.25) is 4.79 Å². The smallest absolute Gasteiger partial charge is 0.334 e. The second-order valence-electron chi connectivity index (χ2n) is 1.92. The fourth-order valence-corrected chi connectivity index (χ4v) is 0.376. The first kappa shape index (κ1) is 9.06. The number of rotatable bonds is 3. The molecule has 2 atom stereocenters. The molecule has 5 heteroatoms. The minimum Gasteiger partial charge on any atom is -0.479 e. The molecule has 58 valence electrons. The lowest BCUT2D eigenvalue weighted by atomic mass is 10.1. The van der Waals surface area contributed by atoms with Crippen LogP contribution in [0.5, 0.6) is 0 Å². The van der Waals surface area contributed by atoms with E-state index in [0.717, 1.165) is 6.92 Å². The van der Waals surface area contributed by atoms with Crippen molar-refractivity contribution in [2.45, 2.75) is 19.1 Å². The maximum Gasteiger partial charge on any atom is 0.334 e. The van der Waals surface area contributed by atoms with Crippen molar-refractivity contribution in [3.8, 4) is 0 Å². The summed E-state index contributed by atoms with van der Waals surface area (Å²) in [6, 6.07) is -1.32. The molecule has 4 N–H and O–H groups in total. The zero-order valence-electron chi connectivity index (χ0n) is 5.44. The first-order chi connectivity index (χ1) is 4.46. The Balaban J connectivity index is 4.07. The minimum absolute atomic E-state index is 0.546. The van der Waals surface area contributed by atoms with Gasteiger partial charge >= 0.3 is 5.97 Å². The predicted molar refractivity (Wildman–Crippen MR) is 32.3 cm³/mol. The highest BCUT2D eigenvalue weighted by atomic mass is 16.4. The number of carboxylic acids is 1. The topological polar surface area (TPSA) is 101 Å². The minimum atomic E-state index is -1.79. The highest BCUT2D eigenvalue weighted by Crippen LogP contribution is 1.90. The van der Waals surface area contributed by atoms with Crippen LogP contribution in [-0.2, 0) is 9.59 Å². The SMILES string of the molecule is CC(=O)C(N)C(O)C(=O)O. The molecule has 0 rings (SSSR count). The van der Waals surface area contributed by atoms with Crippen molar-refractivity contribution in [1.29, 1.82) is 0 Å². The molecule has 0 saturated heterocycles. The van der Waals surface area contributed by atoms with Crippen molar-refractivity contribution in [3.63, 3.8) is 0 Å². The molecule has 0 aliphatic rings. The second kappa shape index (κ2) is 3.28. The predicted octanol–water partition coefficient (Wildman–Crippen LogP) is -1.65. The number of ketones is 1. The van der Waals surface area contributed by atoms with E-state index in [2.05, 4.69) is 0 Å². The molecular weight excluding hydrogens is 138 g/mol. The fourth-order valence-electron chi connectivity index (χ4n) is 0.376. The monoisotopic (exact) mass is 147 g/mol. The van der Waals surface area contributed by atoms with Gasteiger partial charge < -0.3 is 15.9 Å². The summed E-state index contributed by atoms with van der Waals surface area (Å²) in [6.45, 7) is 1.12. The third-order valence-corrected chi connectivity index (χ3v) is 1.06. The fraction of sp³-hybridized carbons (Fsp3) is 0.600. The first-order valence-electron chi connectivity index (χ1n) is 2.63. The summed E-state index contributed by atoms with van der Waals surface area (Å²) >= 11 is 0. The van der Waals surface area contributed by atoms with Crippen molar-refractivity contribution in [1.82, 2.24) is 0 Å². The van der Waals surface area contributed by atoms with E-state index in [1.54, 1.807) is 0 Å². The standard InChI is InChI=1S/C5H9NO4/c1-2(7)3(6)4(8)5(9)10/h3-4,8H,6H2,1H3,(H,9,10). The van der Waals surface area contributed by atoms with Crippen LogP contribution >= 0.6 is 0 Å². The lowest BCUT2D eigenvalue weighted by Crippen LogP contribution is -2.45. The van der Waals surface area contributed by atoms with Crippen LogP contribution in [0.1, 0.15) is 6.92 Å². The summed E-state index contributed by atoms with van der Waals surface area (Å²) in [5, 5.41) is 16.7. The van der Waals surface area contributed by atoms with Crippen LogP contribution in [0, 0.1) is 0 Å². The van der Waals surface area contributed by atoms with Crippen LogP contribution in [0.3, 0.4) is 0 Å². The molecule has 0 aromatic heterocycles. The molecule has 0 aliphatic carbocycles. The molecule has 0 aromatic rings. The van der Waals surface area contributed by atoms with Crippen molar-refractivity contribution < 1.29 is 19.8 Å². The van der Waals surface area contributed by atoms with E-state index in [1.165, 1.54) is 0 Å². The van der Waals surface area contributed by atoms with Gasteiger partial charge in [-0.2, -0.15) is 0 Å². The number of Topliss-reactive ketones (excluding diaryl/α,β-unsaturated/α-hetero) is 1. The summed E-state index contributed by atoms with van der Waals surface area (Å²) < 4.78 is 0. The Kier molecular flexibility index (Phi) is 2.98. The zero-order chi connectivity index (χ0) is 8.31. The Labute approximate surface area is 57.5 Å². The number of carbonyl (C=O) groups excluding carboxylic acids is 1. The quantitative estimate of drug-likeness (QED) is 0.444. The number of hydrogen-bond donors (Lipinski definition) is 3. The van der Waals surface area contributed by atoms with Crippen LogP contribution in [0.4, 0.5) is 0 Å². The largest absolute Gasteiger partial charge is 0.479 e. The molecule has 0 radical (unpaired) electrons. The molecule has 2 unspecified atom stereocenters. The zero-order valence-corrected chi connectivity index (χ0v) is 5.44. The Morgan fingerprint density at radius 1 is 1.50 bits per heavy atom. The molecule has 10 heavy (non-hydrogen) atoms. The van der Waals surface area contributed by atoms with Gasteiger partial charge in [0.1, 0.15) is 11.8 Å². The van der Waals surface area contributed by atoms with Gasteiger partial charge in [0.2, 0.25) is 0 Å². The summed E-state index contributed by atoms with van der Waals surface area (Å²) in [7, 11) is 0. The number of carbonyl (C=O) groups is 2. The molecule has 0 aromatic carbocycles. The number of hydrogen-bond acceptors (Lipinski definition) is 4. The molecule has 0 amide bonds.